The zero-order chi connectivity index (χ0) is 12.7. The number of nitrogens with two attached hydrogens (primary N) is 1. The Labute approximate surface area is 103 Å². The highest BCUT2D eigenvalue weighted by atomic mass is 15.3. The van der Waals surface area contributed by atoms with Crippen LogP contribution in [-0.4, -0.2) is 12.5 Å². The third-order valence-corrected chi connectivity index (χ3v) is 2.64. The Hall–Kier alpha value is -1.55. The van der Waals surface area contributed by atoms with Crippen molar-refractivity contribution >= 4 is 5.96 Å². The standard InChI is InChI=1S/C13H22N4/c1-4-9-15-13(17-14)16-11(3)12-8-6-5-7-10(12)2/h5-8,11H,4,9,14H2,1-3H3,(H2,15,16,17). The maximum absolute atomic E-state index is 5.43. The molecule has 1 rings (SSSR count). The molecule has 0 amide bonds. The first-order chi connectivity index (χ1) is 8.19. The maximum Gasteiger partial charge on any atom is 0.206 e. The second-order valence-corrected chi connectivity index (χ2v) is 4.10. The van der Waals surface area contributed by atoms with Gasteiger partial charge in [-0.2, -0.15) is 0 Å². The van der Waals surface area contributed by atoms with Crippen LogP contribution in [0.1, 0.15) is 37.4 Å². The van der Waals surface area contributed by atoms with E-state index in [2.05, 4.69) is 48.6 Å². The second kappa shape index (κ2) is 6.91. The fourth-order valence-electron chi connectivity index (χ4n) is 1.71. The highest BCUT2D eigenvalue weighted by Gasteiger charge is 2.08. The zero-order valence-electron chi connectivity index (χ0n) is 10.8. The quantitative estimate of drug-likeness (QED) is 0.322. The van der Waals surface area contributed by atoms with Crippen LogP contribution >= 0.6 is 0 Å². The van der Waals surface area contributed by atoms with Crippen molar-refractivity contribution in [2.75, 3.05) is 6.54 Å². The van der Waals surface area contributed by atoms with Gasteiger partial charge in [0.2, 0.25) is 5.96 Å². The molecular weight excluding hydrogens is 212 g/mol. The molecule has 4 N–H and O–H groups in total. The molecule has 0 spiro atoms. The van der Waals surface area contributed by atoms with Crippen LogP contribution in [0, 0.1) is 6.92 Å². The Kier molecular flexibility index (Phi) is 5.49. The third kappa shape index (κ3) is 4.07. The Morgan fingerprint density at radius 1 is 1.41 bits per heavy atom. The van der Waals surface area contributed by atoms with Gasteiger partial charge in [0.15, 0.2) is 0 Å². The molecular formula is C13H22N4. The second-order valence-electron chi connectivity index (χ2n) is 4.10. The zero-order valence-corrected chi connectivity index (χ0v) is 10.8. The molecule has 1 unspecified atom stereocenters. The minimum absolute atomic E-state index is 0.183. The summed E-state index contributed by atoms with van der Waals surface area (Å²) in [6.45, 7) is 7.06. The summed E-state index contributed by atoms with van der Waals surface area (Å²) >= 11 is 0. The number of hydrogen-bond donors (Lipinski definition) is 3. The summed E-state index contributed by atoms with van der Waals surface area (Å²) in [7, 11) is 0. The number of aliphatic imine (C=N–C) groups is 1. The number of rotatable bonds is 4. The van der Waals surface area contributed by atoms with Gasteiger partial charge in [0.05, 0.1) is 6.04 Å². The fourth-order valence-corrected chi connectivity index (χ4v) is 1.71. The van der Waals surface area contributed by atoms with Gasteiger partial charge in [0, 0.05) is 6.54 Å². The monoisotopic (exact) mass is 234 g/mol. The Morgan fingerprint density at radius 2 is 2.12 bits per heavy atom. The average Bonchev–Trinajstić information content (AvgIpc) is 2.34. The van der Waals surface area contributed by atoms with Crippen molar-refractivity contribution in [2.45, 2.75) is 33.2 Å². The third-order valence-electron chi connectivity index (χ3n) is 2.64. The van der Waals surface area contributed by atoms with E-state index in [1.807, 2.05) is 12.1 Å². The Bertz CT molecular complexity index is 373. The van der Waals surface area contributed by atoms with Crippen LogP contribution in [0.15, 0.2) is 29.3 Å². The fraction of sp³-hybridized carbons (Fsp3) is 0.462. The molecule has 0 aliphatic rings. The lowest BCUT2D eigenvalue weighted by Gasteiger charge is -2.18. The van der Waals surface area contributed by atoms with Crippen molar-refractivity contribution < 1.29 is 0 Å². The van der Waals surface area contributed by atoms with Crippen LogP contribution in [0.2, 0.25) is 0 Å². The molecule has 1 aromatic carbocycles. The number of hydrogen-bond acceptors (Lipinski definition) is 2. The summed E-state index contributed by atoms with van der Waals surface area (Å²) in [6.07, 6.45) is 1.01. The number of benzene rings is 1. The molecule has 4 heteroatoms. The smallest absolute Gasteiger partial charge is 0.206 e. The van der Waals surface area contributed by atoms with Crippen molar-refractivity contribution in [3.05, 3.63) is 35.4 Å². The van der Waals surface area contributed by atoms with Gasteiger partial charge in [-0.15, -0.1) is 0 Å². The van der Waals surface area contributed by atoms with Gasteiger partial charge in [0.25, 0.3) is 0 Å². The molecule has 0 saturated carbocycles. The van der Waals surface area contributed by atoms with Crippen molar-refractivity contribution in [2.24, 2.45) is 10.8 Å². The van der Waals surface area contributed by atoms with E-state index in [9.17, 15) is 0 Å². The average molecular weight is 234 g/mol. The number of hydrazine groups is 1. The molecule has 0 fully saturated rings. The summed E-state index contributed by atoms with van der Waals surface area (Å²) in [5, 5.41) is 3.27. The highest BCUT2D eigenvalue weighted by Crippen LogP contribution is 2.16. The van der Waals surface area contributed by atoms with Gasteiger partial charge >= 0.3 is 0 Å². The largest absolute Gasteiger partial charge is 0.349 e. The lowest BCUT2D eigenvalue weighted by Crippen LogP contribution is -2.42. The van der Waals surface area contributed by atoms with Crippen molar-refractivity contribution in [1.29, 1.82) is 0 Å². The molecule has 0 aliphatic carbocycles. The van der Waals surface area contributed by atoms with Gasteiger partial charge < -0.3 is 5.32 Å². The first-order valence-electron chi connectivity index (χ1n) is 6.02. The van der Waals surface area contributed by atoms with Crippen molar-refractivity contribution in [3.8, 4) is 0 Å². The van der Waals surface area contributed by atoms with Gasteiger partial charge in [-0.1, -0.05) is 31.2 Å². The van der Waals surface area contributed by atoms with E-state index in [0.717, 1.165) is 13.0 Å². The summed E-state index contributed by atoms with van der Waals surface area (Å²) in [5.41, 5.74) is 5.12. The van der Waals surface area contributed by atoms with E-state index >= 15 is 0 Å². The molecule has 17 heavy (non-hydrogen) atoms. The summed E-state index contributed by atoms with van der Waals surface area (Å²) < 4.78 is 0. The van der Waals surface area contributed by atoms with E-state index in [-0.39, 0.29) is 6.04 Å². The summed E-state index contributed by atoms with van der Waals surface area (Å²) in [5.74, 6) is 6.08. The lowest BCUT2D eigenvalue weighted by molar-refractivity contribution is 0.683. The first kappa shape index (κ1) is 13.5. The number of guanidine groups is 1. The van der Waals surface area contributed by atoms with E-state index in [1.165, 1.54) is 11.1 Å². The number of nitrogens with zero attached hydrogens (tertiary/aromatic N) is 1. The Balaban J connectivity index is 2.71. The van der Waals surface area contributed by atoms with Crippen molar-refractivity contribution in [3.63, 3.8) is 0 Å². The normalized spacial score (nSPS) is 13.3. The van der Waals surface area contributed by atoms with Gasteiger partial charge in [-0.25, -0.2) is 5.84 Å². The predicted octanol–water partition coefficient (Wildman–Crippen LogP) is 1.87. The molecule has 0 heterocycles. The molecule has 1 atom stereocenters. The molecule has 1 aromatic rings. The molecule has 0 radical (unpaired) electrons. The Morgan fingerprint density at radius 3 is 2.71 bits per heavy atom. The van der Waals surface area contributed by atoms with Crippen LogP contribution in [0.5, 0.6) is 0 Å². The maximum atomic E-state index is 5.43. The topological polar surface area (TPSA) is 62.4 Å². The summed E-state index contributed by atoms with van der Waals surface area (Å²) in [6, 6.07) is 8.48. The van der Waals surface area contributed by atoms with Gasteiger partial charge in [-0.05, 0) is 31.4 Å². The van der Waals surface area contributed by atoms with E-state index in [0.29, 0.717) is 5.96 Å². The van der Waals surface area contributed by atoms with Crippen LogP contribution in [-0.2, 0) is 0 Å². The van der Waals surface area contributed by atoms with Crippen LogP contribution in [0.25, 0.3) is 0 Å². The number of nitrogens with one attached hydrogen (secondary N) is 2. The number of aryl methyl sites for hydroxylation is 1. The van der Waals surface area contributed by atoms with Gasteiger partial charge in [0.1, 0.15) is 0 Å². The van der Waals surface area contributed by atoms with Crippen LogP contribution in [0.4, 0.5) is 0 Å². The van der Waals surface area contributed by atoms with E-state index in [4.69, 9.17) is 5.84 Å². The van der Waals surface area contributed by atoms with E-state index in [1.54, 1.807) is 0 Å². The minimum atomic E-state index is 0.183. The van der Waals surface area contributed by atoms with Crippen LogP contribution < -0.4 is 16.6 Å². The molecule has 94 valence electrons. The molecule has 0 aliphatic heterocycles. The predicted molar refractivity (Wildman–Crippen MR) is 72.6 cm³/mol. The summed E-state index contributed by atoms with van der Waals surface area (Å²) in [4.78, 5) is 4.33. The molecule has 4 nitrogen and oxygen atoms in total. The van der Waals surface area contributed by atoms with Crippen molar-refractivity contribution in [1.82, 2.24) is 10.7 Å². The molecule has 0 bridgehead atoms. The highest BCUT2D eigenvalue weighted by molar-refractivity contribution is 5.79. The minimum Gasteiger partial charge on any atom is -0.349 e. The molecule has 0 saturated heterocycles. The van der Waals surface area contributed by atoms with Crippen LogP contribution in [0.3, 0.4) is 0 Å². The van der Waals surface area contributed by atoms with Gasteiger partial charge in [-0.3, -0.25) is 10.4 Å². The first-order valence-corrected chi connectivity index (χ1v) is 6.02. The SMILES string of the molecule is CCCN=C(NN)NC(C)c1ccccc1C. The lowest BCUT2D eigenvalue weighted by atomic mass is 10.0. The van der Waals surface area contributed by atoms with E-state index < -0.39 is 0 Å². The molecule has 0 aromatic heterocycles.